The zero-order valence-electron chi connectivity index (χ0n) is 17.1. The Bertz CT molecular complexity index is 653. The van der Waals surface area contributed by atoms with E-state index in [1.54, 1.807) is 12.1 Å². The monoisotopic (exact) mass is 387 g/mol. The van der Waals surface area contributed by atoms with E-state index in [2.05, 4.69) is 6.92 Å². The van der Waals surface area contributed by atoms with Crippen LogP contribution in [0.5, 0.6) is 0 Å². The van der Waals surface area contributed by atoms with Gasteiger partial charge in [0.15, 0.2) is 0 Å². The lowest BCUT2D eigenvalue weighted by Gasteiger charge is -2.23. The molecule has 0 bridgehead atoms. The van der Waals surface area contributed by atoms with Crippen LogP contribution < -0.4 is 0 Å². The van der Waals surface area contributed by atoms with Crippen LogP contribution in [-0.4, -0.2) is 47.7 Å². The first-order chi connectivity index (χ1) is 13.5. The number of likely N-dealkylation sites (tertiary alicyclic amines) is 1. The van der Waals surface area contributed by atoms with Crippen LogP contribution in [0.4, 0.5) is 0 Å². The van der Waals surface area contributed by atoms with Crippen molar-refractivity contribution in [2.45, 2.75) is 70.4 Å². The van der Waals surface area contributed by atoms with Crippen LogP contribution in [0.2, 0.25) is 0 Å². The molecule has 1 amide bonds. The summed E-state index contributed by atoms with van der Waals surface area (Å²) >= 11 is 0. The highest BCUT2D eigenvalue weighted by Crippen LogP contribution is 2.21. The molecule has 1 aromatic rings. The van der Waals surface area contributed by atoms with Gasteiger partial charge in [-0.3, -0.25) is 4.79 Å². The van der Waals surface area contributed by atoms with E-state index in [0.717, 1.165) is 37.7 Å². The summed E-state index contributed by atoms with van der Waals surface area (Å²) in [7, 11) is 1.37. The first-order valence-electron chi connectivity index (χ1n) is 10.4. The standard InChI is InChI=1S/C23H33NO4/c1-3-4-5-6-7-21(25)14-12-20-13-15-22(26)24(20)17-16-18-8-10-19(11-9-18)23(27)28-2/h8-12,14,20-21,25H,3-7,13,15-17H2,1-2H3. The second-order valence-electron chi connectivity index (χ2n) is 7.43. The van der Waals surface area contributed by atoms with E-state index in [1.165, 1.54) is 20.0 Å². The van der Waals surface area contributed by atoms with Gasteiger partial charge < -0.3 is 14.7 Å². The van der Waals surface area contributed by atoms with Crippen LogP contribution in [0.15, 0.2) is 36.4 Å². The fraction of sp³-hybridized carbons (Fsp3) is 0.565. The summed E-state index contributed by atoms with van der Waals surface area (Å²) in [6, 6.07) is 7.36. The zero-order valence-corrected chi connectivity index (χ0v) is 17.1. The molecule has 5 heteroatoms. The number of carbonyl (C=O) groups excluding carboxylic acids is 2. The number of hydrogen-bond acceptors (Lipinski definition) is 4. The molecule has 0 saturated carbocycles. The van der Waals surface area contributed by atoms with Crippen molar-refractivity contribution in [3.8, 4) is 0 Å². The van der Waals surface area contributed by atoms with Crippen molar-refractivity contribution in [3.63, 3.8) is 0 Å². The molecule has 154 valence electrons. The lowest BCUT2D eigenvalue weighted by atomic mass is 10.1. The van der Waals surface area contributed by atoms with Gasteiger partial charge in [-0.2, -0.15) is 0 Å². The summed E-state index contributed by atoms with van der Waals surface area (Å²) in [6.07, 6.45) is 10.9. The Morgan fingerprint density at radius 2 is 2.04 bits per heavy atom. The number of aliphatic hydroxyl groups excluding tert-OH is 1. The van der Waals surface area contributed by atoms with Gasteiger partial charge in [0.05, 0.1) is 24.8 Å². The number of carbonyl (C=O) groups is 2. The molecular weight excluding hydrogens is 354 g/mol. The van der Waals surface area contributed by atoms with Crippen LogP contribution in [0, 0.1) is 0 Å². The number of nitrogens with zero attached hydrogens (tertiary/aromatic N) is 1. The fourth-order valence-electron chi connectivity index (χ4n) is 3.55. The fourth-order valence-corrected chi connectivity index (χ4v) is 3.55. The first-order valence-corrected chi connectivity index (χ1v) is 10.4. The molecule has 2 unspecified atom stereocenters. The van der Waals surface area contributed by atoms with Gasteiger partial charge in [-0.05, 0) is 37.0 Å². The molecule has 2 atom stereocenters. The second kappa shape index (κ2) is 11.6. The molecule has 1 fully saturated rings. The molecule has 1 saturated heterocycles. The van der Waals surface area contributed by atoms with Crippen molar-refractivity contribution in [2.75, 3.05) is 13.7 Å². The molecule has 0 spiro atoms. The highest BCUT2D eigenvalue weighted by Gasteiger charge is 2.28. The number of benzene rings is 1. The number of methoxy groups -OCH3 is 1. The Morgan fingerprint density at radius 3 is 2.71 bits per heavy atom. The van der Waals surface area contributed by atoms with Gasteiger partial charge in [0.25, 0.3) is 0 Å². The molecule has 28 heavy (non-hydrogen) atoms. The topological polar surface area (TPSA) is 66.8 Å². The molecule has 1 aromatic carbocycles. The van der Waals surface area contributed by atoms with Gasteiger partial charge in [0.1, 0.15) is 0 Å². The van der Waals surface area contributed by atoms with Crippen molar-refractivity contribution in [2.24, 2.45) is 0 Å². The minimum atomic E-state index is -0.430. The Balaban J connectivity index is 1.84. The molecule has 0 radical (unpaired) electrons. The van der Waals surface area contributed by atoms with Gasteiger partial charge >= 0.3 is 5.97 Å². The minimum absolute atomic E-state index is 0.0622. The molecule has 1 aliphatic heterocycles. The van der Waals surface area contributed by atoms with E-state index in [-0.39, 0.29) is 17.9 Å². The maximum atomic E-state index is 12.2. The molecule has 0 aliphatic carbocycles. The van der Waals surface area contributed by atoms with E-state index in [9.17, 15) is 14.7 Å². The summed E-state index contributed by atoms with van der Waals surface area (Å²) in [5.41, 5.74) is 1.60. The lowest BCUT2D eigenvalue weighted by molar-refractivity contribution is -0.128. The Labute approximate surface area is 168 Å². The highest BCUT2D eigenvalue weighted by atomic mass is 16.5. The van der Waals surface area contributed by atoms with E-state index in [1.807, 2.05) is 29.2 Å². The number of aliphatic hydroxyl groups is 1. The predicted octanol–water partition coefficient (Wildman–Crippen LogP) is 3.89. The van der Waals surface area contributed by atoms with Crippen LogP contribution >= 0.6 is 0 Å². The largest absolute Gasteiger partial charge is 0.465 e. The Morgan fingerprint density at radius 1 is 1.29 bits per heavy atom. The maximum Gasteiger partial charge on any atom is 0.337 e. The van der Waals surface area contributed by atoms with Gasteiger partial charge in [-0.1, -0.05) is 56.9 Å². The van der Waals surface area contributed by atoms with E-state index >= 15 is 0 Å². The predicted molar refractivity (Wildman–Crippen MR) is 110 cm³/mol. The lowest BCUT2D eigenvalue weighted by Crippen LogP contribution is -2.33. The summed E-state index contributed by atoms with van der Waals surface area (Å²) in [5, 5.41) is 10.1. The third-order valence-corrected chi connectivity index (χ3v) is 5.30. The van der Waals surface area contributed by atoms with Gasteiger partial charge in [0, 0.05) is 13.0 Å². The van der Waals surface area contributed by atoms with E-state index < -0.39 is 6.10 Å². The first kappa shape index (κ1) is 22.2. The van der Waals surface area contributed by atoms with Gasteiger partial charge in [0.2, 0.25) is 5.91 Å². The molecule has 0 aromatic heterocycles. The van der Waals surface area contributed by atoms with Crippen molar-refractivity contribution >= 4 is 11.9 Å². The second-order valence-corrected chi connectivity index (χ2v) is 7.43. The van der Waals surface area contributed by atoms with E-state index in [0.29, 0.717) is 18.5 Å². The van der Waals surface area contributed by atoms with Crippen LogP contribution in [0.1, 0.15) is 67.8 Å². The molecule has 1 N–H and O–H groups in total. The summed E-state index contributed by atoms with van der Waals surface area (Å²) < 4.78 is 4.71. The molecular formula is C23H33NO4. The third-order valence-electron chi connectivity index (χ3n) is 5.30. The Kier molecular flexibility index (Phi) is 9.21. The number of amides is 1. The number of esters is 1. The zero-order chi connectivity index (χ0) is 20.4. The quantitative estimate of drug-likeness (QED) is 0.355. The number of unbranched alkanes of at least 4 members (excludes halogenated alkanes) is 3. The number of ether oxygens (including phenoxy) is 1. The van der Waals surface area contributed by atoms with Crippen molar-refractivity contribution < 1.29 is 19.4 Å². The van der Waals surface area contributed by atoms with E-state index in [4.69, 9.17) is 4.74 Å². The molecule has 1 aliphatic rings. The van der Waals surface area contributed by atoms with Crippen LogP contribution in [-0.2, 0) is 16.0 Å². The smallest absolute Gasteiger partial charge is 0.337 e. The van der Waals surface area contributed by atoms with Crippen LogP contribution in [0.25, 0.3) is 0 Å². The normalized spacial score (nSPS) is 18.0. The summed E-state index contributed by atoms with van der Waals surface area (Å²) in [5.74, 6) is -0.182. The number of hydrogen-bond donors (Lipinski definition) is 1. The average molecular weight is 388 g/mol. The van der Waals surface area contributed by atoms with Crippen molar-refractivity contribution in [1.82, 2.24) is 4.90 Å². The summed E-state index contributed by atoms with van der Waals surface area (Å²) in [4.78, 5) is 25.6. The van der Waals surface area contributed by atoms with Gasteiger partial charge in [-0.15, -0.1) is 0 Å². The van der Waals surface area contributed by atoms with Gasteiger partial charge in [-0.25, -0.2) is 4.79 Å². The maximum absolute atomic E-state index is 12.2. The minimum Gasteiger partial charge on any atom is -0.465 e. The van der Waals surface area contributed by atoms with Crippen molar-refractivity contribution in [1.29, 1.82) is 0 Å². The Hall–Kier alpha value is -2.14. The molecule has 1 heterocycles. The van der Waals surface area contributed by atoms with Crippen molar-refractivity contribution in [3.05, 3.63) is 47.5 Å². The SMILES string of the molecule is CCCCCCC(O)C=CC1CCC(=O)N1CCc1ccc(C(=O)OC)cc1. The third kappa shape index (κ3) is 6.79. The molecule has 5 nitrogen and oxygen atoms in total. The number of rotatable bonds is 11. The average Bonchev–Trinajstić information content (AvgIpc) is 3.07. The highest BCUT2D eigenvalue weighted by molar-refractivity contribution is 5.89. The van der Waals surface area contributed by atoms with Crippen LogP contribution in [0.3, 0.4) is 0 Å². The molecule has 2 rings (SSSR count). The summed E-state index contributed by atoms with van der Waals surface area (Å²) in [6.45, 7) is 2.81.